The molecule has 0 aromatic carbocycles. The third-order valence-electron chi connectivity index (χ3n) is 0.236. The van der Waals surface area contributed by atoms with E-state index in [0.717, 1.165) is 0 Å². The Hall–Kier alpha value is 0.199. The first-order valence-corrected chi connectivity index (χ1v) is 4.69. The van der Waals surface area contributed by atoms with E-state index in [-0.39, 0.29) is 32.1 Å². The van der Waals surface area contributed by atoms with Gasteiger partial charge in [-0.05, 0) is 0 Å². The standard InChI is InChI=1S/2C2H3.2H2O.Sn/c2*1-2;;;/h2*1H,2H2;2*1H2;. The average molecular weight is 209 g/mol. The van der Waals surface area contributed by atoms with Crippen molar-refractivity contribution in [3.05, 3.63) is 21.3 Å². The van der Waals surface area contributed by atoms with Crippen LogP contribution in [0.2, 0.25) is 0 Å². The van der Waals surface area contributed by atoms with Crippen LogP contribution in [0.15, 0.2) is 21.3 Å². The molecule has 0 rings (SSSR count). The van der Waals surface area contributed by atoms with E-state index in [1.54, 1.807) is 0 Å². The molecule has 0 aliphatic rings. The van der Waals surface area contributed by atoms with Crippen molar-refractivity contribution in [2.75, 3.05) is 0 Å². The van der Waals surface area contributed by atoms with Crippen LogP contribution in [0.4, 0.5) is 0 Å². The van der Waals surface area contributed by atoms with E-state index in [1.807, 2.05) is 8.18 Å². The maximum Gasteiger partial charge on any atom is -0.412 e. The van der Waals surface area contributed by atoms with Gasteiger partial charge in [-0.1, -0.05) is 0 Å². The van der Waals surface area contributed by atoms with Gasteiger partial charge in [-0.2, -0.15) is 0 Å². The van der Waals surface area contributed by atoms with Gasteiger partial charge in [0.15, 0.2) is 0 Å². The molecule has 0 heterocycles. The summed E-state index contributed by atoms with van der Waals surface area (Å²) in [6.07, 6.45) is 0. The van der Waals surface area contributed by atoms with Gasteiger partial charge in [0.05, 0.1) is 0 Å². The second-order valence-corrected chi connectivity index (χ2v) is 3.86. The van der Waals surface area contributed by atoms with Crippen molar-refractivity contribution < 1.29 is 11.0 Å². The molecule has 0 amide bonds. The fourth-order valence-corrected chi connectivity index (χ4v) is 0.559. The molecule has 0 aliphatic carbocycles. The summed E-state index contributed by atoms with van der Waals surface area (Å²) in [6.45, 7) is 7.11. The van der Waals surface area contributed by atoms with Crippen molar-refractivity contribution in [1.82, 2.24) is 0 Å². The molecule has 2 nitrogen and oxygen atoms in total. The maximum absolute atomic E-state index is 3.55. The van der Waals surface area contributed by atoms with Gasteiger partial charge in [-0.25, -0.2) is 0 Å². The summed E-state index contributed by atoms with van der Waals surface area (Å²) in [5.41, 5.74) is 0. The Kier molecular flexibility index (Phi) is 36.7. The van der Waals surface area contributed by atoms with Crippen molar-refractivity contribution in [2.24, 2.45) is 0 Å². The van der Waals surface area contributed by atoms with Gasteiger partial charge in [-0.15, -0.1) is 0 Å². The molecule has 0 bridgehead atoms. The molecule has 0 fully saturated rings. The van der Waals surface area contributed by atoms with Gasteiger partial charge < -0.3 is 11.0 Å². The SMILES string of the molecule is C=[CH][Sn][CH]=C.O.O. The van der Waals surface area contributed by atoms with Gasteiger partial charge in [0, 0.05) is 0 Å². The normalized spacial score (nSPS) is 4.57. The predicted molar refractivity (Wildman–Crippen MR) is 33.4 cm³/mol. The Bertz CT molecular complexity index is 39.0. The van der Waals surface area contributed by atoms with E-state index in [2.05, 4.69) is 13.2 Å². The van der Waals surface area contributed by atoms with Crippen molar-refractivity contribution in [1.29, 1.82) is 0 Å². The molecule has 7 heavy (non-hydrogen) atoms. The molecule has 0 aromatic heterocycles. The largest absolute Gasteiger partial charge is 0.412 e. The van der Waals surface area contributed by atoms with Crippen LogP contribution in [-0.2, 0) is 0 Å². The topological polar surface area (TPSA) is 63.0 Å². The smallest absolute Gasteiger partial charge is 0.412 e. The average Bonchev–Trinajstić information content (AvgIpc) is 1.41. The summed E-state index contributed by atoms with van der Waals surface area (Å²) in [4.78, 5) is 0. The van der Waals surface area contributed by atoms with Crippen LogP contribution < -0.4 is 0 Å². The minimum atomic E-state index is -0.254. The Morgan fingerprint density at radius 3 is 1.29 bits per heavy atom. The zero-order valence-electron chi connectivity index (χ0n) is 4.07. The second-order valence-electron chi connectivity index (χ2n) is 0.575. The zero-order chi connectivity index (χ0) is 4.12. The van der Waals surface area contributed by atoms with Crippen molar-refractivity contribution in [3.63, 3.8) is 0 Å². The van der Waals surface area contributed by atoms with Crippen molar-refractivity contribution in [3.8, 4) is 0 Å². The van der Waals surface area contributed by atoms with Crippen LogP contribution in [0.1, 0.15) is 0 Å². The molecule has 42 valence electrons. The molecule has 2 radical (unpaired) electrons. The Morgan fingerprint density at radius 2 is 1.29 bits per heavy atom. The van der Waals surface area contributed by atoms with Gasteiger partial charge in [0.2, 0.25) is 0 Å². The molecule has 3 heteroatoms. The summed E-state index contributed by atoms with van der Waals surface area (Å²) in [5, 5.41) is 0. The molecule has 0 aliphatic heterocycles. The van der Waals surface area contributed by atoms with E-state index < -0.39 is 0 Å². The Balaban J connectivity index is -0.0000000800. The third-order valence-corrected chi connectivity index (χ3v) is 1.58. The van der Waals surface area contributed by atoms with Crippen molar-refractivity contribution >= 4 is 21.1 Å². The molecule has 0 saturated heterocycles. The molecule has 0 unspecified atom stereocenters. The zero-order valence-corrected chi connectivity index (χ0v) is 6.92. The number of rotatable bonds is 2. The van der Waals surface area contributed by atoms with Gasteiger partial charge in [0.25, 0.3) is 0 Å². The molecule has 0 aromatic rings. The quantitative estimate of drug-likeness (QED) is 0.541. The summed E-state index contributed by atoms with van der Waals surface area (Å²) in [7, 11) is 0. The summed E-state index contributed by atoms with van der Waals surface area (Å²) < 4.78 is 3.96. The maximum atomic E-state index is 3.55. The second kappa shape index (κ2) is 16.4. The molecule has 0 spiro atoms. The fourth-order valence-electron chi connectivity index (χ4n) is 0.0833. The van der Waals surface area contributed by atoms with Crippen LogP contribution in [-0.4, -0.2) is 32.1 Å². The first kappa shape index (κ1) is 15.7. The van der Waals surface area contributed by atoms with Crippen LogP contribution in [0.5, 0.6) is 0 Å². The first-order valence-electron chi connectivity index (χ1n) is 1.39. The Morgan fingerprint density at radius 1 is 1.00 bits per heavy atom. The monoisotopic (exact) mass is 210 g/mol. The van der Waals surface area contributed by atoms with Gasteiger partial charge >= 0.3 is 42.5 Å². The van der Waals surface area contributed by atoms with E-state index in [9.17, 15) is 0 Å². The van der Waals surface area contributed by atoms with E-state index in [4.69, 9.17) is 0 Å². The molecule has 0 atom stereocenters. The van der Waals surface area contributed by atoms with Crippen LogP contribution in [0, 0.1) is 0 Å². The molecular weight excluding hydrogens is 199 g/mol. The molecular formula is C4H10O2Sn. The van der Waals surface area contributed by atoms with E-state index in [1.165, 1.54) is 0 Å². The molecule has 0 saturated carbocycles. The first-order chi connectivity index (χ1) is 2.41. The third kappa shape index (κ3) is 22.6. The number of hydrogen-bond donors (Lipinski definition) is 0. The van der Waals surface area contributed by atoms with Crippen LogP contribution in [0.25, 0.3) is 0 Å². The van der Waals surface area contributed by atoms with Gasteiger partial charge in [-0.3, -0.25) is 0 Å². The van der Waals surface area contributed by atoms with Crippen LogP contribution >= 0.6 is 0 Å². The van der Waals surface area contributed by atoms with E-state index in [0.29, 0.717) is 0 Å². The summed E-state index contributed by atoms with van der Waals surface area (Å²) in [5.74, 6) is 0. The van der Waals surface area contributed by atoms with Crippen LogP contribution in [0.3, 0.4) is 0 Å². The van der Waals surface area contributed by atoms with Gasteiger partial charge in [0.1, 0.15) is 0 Å². The van der Waals surface area contributed by atoms with Crippen molar-refractivity contribution in [2.45, 2.75) is 0 Å². The summed E-state index contributed by atoms with van der Waals surface area (Å²) >= 11 is -0.254. The predicted octanol–water partition coefficient (Wildman–Crippen LogP) is -0.672. The van der Waals surface area contributed by atoms with E-state index >= 15 is 0 Å². The fraction of sp³-hybridized carbons (Fsp3) is 0. The summed E-state index contributed by atoms with van der Waals surface area (Å²) in [6, 6.07) is 0. The Labute approximate surface area is 53.8 Å². The molecule has 4 N–H and O–H groups in total. The minimum Gasteiger partial charge on any atom is -0.412 e. The minimum absolute atomic E-state index is 0. The number of hydrogen-bond acceptors (Lipinski definition) is 0.